The Morgan fingerprint density at radius 3 is 2.47 bits per heavy atom. The molecule has 2 amide bonds. The van der Waals surface area contributed by atoms with E-state index in [2.05, 4.69) is 20.6 Å². The van der Waals surface area contributed by atoms with E-state index in [1.165, 1.54) is 60.9 Å². The van der Waals surface area contributed by atoms with Crippen LogP contribution in [-0.4, -0.2) is 46.0 Å². The molecule has 4 aromatic rings. The Labute approximate surface area is 215 Å². The van der Waals surface area contributed by atoms with Crippen LogP contribution in [0.3, 0.4) is 0 Å². The molecule has 0 fully saturated rings. The molecule has 38 heavy (non-hydrogen) atoms. The lowest BCUT2D eigenvalue weighted by molar-refractivity contribution is -0.122. The van der Waals surface area contributed by atoms with Crippen LogP contribution in [0.25, 0.3) is 11.2 Å². The maximum absolute atomic E-state index is 12.9. The number of hydrogen-bond donors (Lipinski definition) is 3. The van der Waals surface area contributed by atoms with Gasteiger partial charge in [-0.2, -0.15) is 0 Å². The molecule has 2 heterocycles. The fraction of sp³-hybridized carbons (Fsp3) is 0.174. The van der Waals surface area contributed by atoms with Crippen molar-refractivity contribution in [2.24, 2.45) is 14.1 Å². The predicted molar refractivity (Wildman–Crippen MR) is 136 cm³/mol. The summed E-state index contributed by atoms with van der Waals surface area (Å²) in [5.74, 6) is -1.16. The van der Waals surface area contributed by atoms with Gasteiger partial charge in [0.15, 0.2) is 11.2 Å². The number of nitrogens with one attached hydrogen (secondary N) is 3. The van der Waals surface area contributed by atoms with Gasteiger partial charge in [0.05, 0.1) is 24.0 Å². The number of amides is 2. The molecule has 2 aromatic heterocycles. The SMILES string of the molecule is COc1ccccc1NS(=O)(=O)c1cccc(C(=O)NNC(=O)Cn2cnc3c2c(=O)n(C)c(=O)n3C)c1. The lowest BCUT2D eigenvalue weighted by Crippen LogP contribution is -2.43. The third-order valence-electron chi connectivity index (χ3n) is 5.60. The number of imidazole rings is 1. The van der Waals surface area contributed by atoms with E-state index in [-0.39, 0.29) is 33.9 Å². The van der Waals surface area contributed by atoms with Gasteiger partial charge in [0.25, 0.3) is 27.4 Å². The Bertz CT molecular complexity index is 1790. The van der Waals surface area contributed by atoms with E-state index in [1.807, 2.05) is 0 Å². The van der Waals surface area contributed by atoms with Crippen LogP contribution in [0, 0.1) is 0 Å². The van der Waals surface area contributed by atoms with E-state index in [0.717, 1.165) is 10.6 Å². The van der Waals surface area contributed by atoms with Crippen LogP contribution >= 0.6 is 0 Å². The van der Waals surface area contributed by atoms with E-state index in [9.17, 15) is 27.6 Å². The number of rotatable bonds is 7. The maximum atomic E-state index is 12.9. The number of anilines is 1. The van der Waals surface area contributed by atoms with Gasteiger partial charge in [-0.25, -0.2) is 18.2 Å². The van der Waals surface area contributed by atoms with Crippen LogP contribution in [0.1, 0.15) is 10.4 Å². The maximum Gasteiger partial charge on any atom is 0.332 e. The average molecular weight is 542 g/mol. The average Bonchev–Trinajstić information content (AvgIpc) is 3.33. The summed E-state index contributed by atoms with van der Waals surface area (Å²) >= 11 is 0. The van der Waals surface area contributed by atoms with Gasteiger partial charge in [-0.15, -0.1) is 0 Å². The number of sulfonamides is 1. The molecule has 4 rings (SSSR count). The molecule has 0 radical (unpaired) electrons. The molecule has 14 nitrogen and oxygen atoms in total. The summed E-state index contributed by atoms with van der Waals surface area (Å²) < 4.78 is 36.6. The number of hydrogen-bond acceptors (Lipinski definition) is 8. The third-order valence-corrected chi connectivity index (χ3v) is 6.97. The molecule has 15 heteroatoms. The van der Waals surface area contributed by atoms with E-state index in [4.69, 9.17) is 4.74 Å². The lowest BCUT2D eigenvalue weighted by atomic mass is 10.2. The number of ether oxygens (including phenoxy) is 1. The minimum atomic E-state index is -4.07. The molecular formula is C23H23N7O7S. The van der Waals surface area contributed by atoms with Gasteiger partial charge in [0.1, 0.15) is 12.3 Å². The molecule has 198 valence electrons. The number of fused-ring (bicyclic) bond motifs is 1. The van der Waals surface area contributed by atoms with Crippen molar-refractivity contribution in [2.45, 2.75) is 11.4 Å². The zero-order valence-electron chi connectivity index (χ0n) is 20.5. The van der Waals surface area contributed by atoms with Crippen molar-refractivity contribution in [2.75, 3.05) is 11.8 Å². The lowest BCUT2D eigenvalue weighted by Gasteiger charge is -2.12. The number of methoxy groups -OCH3 is 1. The first-order chi connectivity index (χ1) is 18.0. The predicted octanol–water partition coefficient (Wildman–Crippen LogP) is -0.296. The molecule has 0 aliphatic carbocycles. The van der Waals surface area contributed by atoms with Crippen LogP contribution in [0.2, 0.25) is 0 Å². The van der Waals surface area contributed by atoms with Crippen molar-refractivity contribution >= 4 is 38.7 Å². The molecule has 3 N–H and O–H groups in total. The first-order valence-electron chi connectivity index (χ1n) is 11.0. The molecule has 0 saturated heterocycles. The normalized spacial score (nSPS) is 11.2. The molecule has 0 spiro atoms. The Morgan fingerprint density at radius 2 is 1.74 bits per heavy atom. The highest BCUT2D eigenvalue weighted by Gasteiger charge is 2.19. The topological polar surface area (TPSA) is 175 Å². The monoisotopic (exact) mass is 541 g/mol. The summed E-state index contributed by atoms with van der Waals surface area (Å²) in [6.07, 6.45) is 1.23. The largest absolute Gasteiger partial charge is 0.495 e. The molecule has 0 aliphatic rings. The number of aromatic nitrogens is 4. The zero-order valence-corrected chi connectivity index (χ0v) is 21.3. The first-order valence-corrected chi connectivity index (χ1v) is 12.5. The second kappa shape index (κ2) is 10.2. The van der Waals surface area contributed by atoms with Crippen molar-refractivity contribution < 1.29 is 22.7 Å². The second-order valence-electron chi connectivity index (χ2n) is 8.09. The molecular weight excluding hydrogens is 518 g/mol. The van der Waals surface area contributed by atoms with Gasteiger partial charge < -0.3 is 9.30 Å². The molecule has 0 aliphatic heterocycles. The second-order valence-corrected chi connectivity index (χ2v) is 9.77. The highest BCUT2D eigenvalue weighted by atomic mass is 32.2. The Kier molecular flexibility index (Phi) is 7.03. The van der Waals surface area contributed by atoms with Crippen molar-refractivity contribution in [3.63, 3.8) is 0 Å². The number of carbonyl (C=O) groups is 2. The highest BCUT2D eigenvalue weighted by molar-refractivity contribution is 7.92. The minimum absolute atomic E-state index is 0.0369. The minimum Gasteiger partial charge on any atom is -0.495 e. The number of aryl methyl sites for hydroxylation is 1. The van der Waals surface area contributed by atoms with Crippen molar-refractivity contribution in [3.05, 3.63) is 81.3 Å². The summed E-state index contributed by atoms with van der Waals surface area (Å²) in [5.41, 5.74) is 3.56. The summed E-state index contributed by atoms with van der Waals surface area (Å²) in [5, 5.41) is 0. The van der Waals surface area contributed by atoms with E-state index < -0.39 is 33.1 Å². The van der Waals surface area contributed by atoms with Gasteiger partial charge in [-0.05, 0) is 30.3 Å². The van der Waals surface area contributed by atoms with Crippen LogP contribution in [0.15, 0.2) is 69.3 Å². The van der Waals surface area contributed by atoms with Gasteiger partial charge in [-0.3, -0.25) is 39.1 Å². The number of benzene rings is 2. The first kappa shape index (κ1) is 26.2. The fourth-order valence-corrected chi connectivity index (χ4v) is 4.76. The number of para-hydroxylation sites is 2. The quantitative estimate of drug-likeness (QED) is 0.267. The fourth-order valence-electron chi connectivity index (χ4n) is 3.65. The van der Waals surface area contributed by atoms with Crippen LogP contribution in [-0.2, 0) is 35.5 Å². The molecule has 0 unspecified atom stereocenters. The summed E-state index contributed by atoms with van der Waals surface area (Å²) in [7, 11) is 0.0942. The summed E-state index contributed by atoms with van der Waals surface area (Å²) in [6, 6.07) is 11.7. The number of carbonyl (C=O) groups excluding carboxylic acids is 2. The standard InChI is InChI=1S/C23H23N7O7S/c1-28-20-19(22(33)29(2)23(28)34)30(13-24-20)12-18(31)25-26-21(32)14-7-6-8-15(11-14)38(35,36)27-16-9-4-5-10-17(16)37-3/h4-11,13,27H,12H2,1-3H3,(H,25,31)(H,26,32). The van der Waals surface area contributed by atoms with Crippen molar-refractivity contribution in [1.29, 1.82) is 0 Å². The Balaban J connectivity index is 1.46. The smallest absolute Gasteiger partial charge is 0.332 e. The van der Waals surface area contributed by atoms with Crippen LogP contribution in [0.5, 0.6) is 5.75 Å². The van der Waals surface area contributed by atoms with E-state index in [1.54, 1.807) is 18.2 Å². The van der Waals surface area contributed by atoms with Gasteiger partial charge in [0.2, 0.25) is 0 Å². The van der Waals surface area contributed by atoms with Gasteiger partial charge in [0, 0.05) is 19.7 Å². The van der Waals surface area contributed by atoms with E-state index in [0.29, 0.717) is 5.75 Å². The summed E-state index contributed by atoms with van der Waals surface area (Å²) in [6.45, 7) is -0.387. The number of nitrogens with zero attached hydrogens (tertiary/aromatic N) is 4. The number of hydrazine groups is 1. The van der Waals surface area contributed by atoms with Crippen molar-refractivity contribution in [3.8, 4) is 5.75 Å². The van der Waals surface area contributed by atoms with Crippen molar-refractivity contribution in [1.82, 2.24) is 29.5 Å². The van der Waals surface area contributed by atoms with Crippen LogP contribution in [0.4, 0.5) is 5.69 Å². The Morgan fingerprint density at radius 1 is 1.00 bits per heavy atom. The summed E-state index contributed by atoms with van der Waals surface area (Å²) in [4.78, 5) is 53.5. The Hall–Kier alpha value is -4.92. The van der Waals surface area contributed by atoms with E-state index >= 15 is 0 Å². The molecule has 0 atom stereocenters. The zero-order chi connectivity index (χ0) is 27.6. The molecule has 0 saturated carbocycles. The highest BCUT2D eigenvalue weighted by Crippen LogP contribution is 2.26. The third kappa shape index (κ3) is 4.99. The van der Waals surface area contributed by atoms with Gasteiger partial charge >= 0.3 is 5.69 Å². The molecule has 2 aromatic carbocycles. The molecule has 0 bridgehead atoms. The van der Waals surface area contributed by atoms with Gasteiger partial charge in [-0.1, -0.05) is 18.2 Å². The van der Waals surface area contributed by atoms with Crippen LogP contribution < -0.4 is 31.6 Å².